The topological polar surface area (TPSA) is 21.3 Å². The molecule has 2 heteroatoms. The Bertz CT molecular complexity index is 361. The first kappa shape index (κ1) is 11.2. The molecule has 17 heavy (non-hydrogen) atoms. The van der Waals surface area contributed by atoms with Crippen molar-refractivity contribution in [2.45, 2.75) is 37.8 Å². The summed E-state index contributed by atoms with van der Waals surface area (Å²) in [6.07, 6.45) is 5.12. The van der Waals surface area contributed by atoms with Crippen LogP contribution in [0.15, 0.2) is 24.3 Å². The van der Waals surface area contributed by atoms with Crippen molar-refractivity contribution in [1.29, 1.82) is 0 Å². The van der Waals surface area contributed by atoms with Crippen LogP contribution in [0.25, 0.3) is 0 Å². The van der Waals surface area contributed by atoms with Crippen molar-refractivity contribution in [3.8, 4) is 0 Å². The minimum Gasteiger partial charge on any atom is -0.383 e. The molecule has 3 rings (SSSR count). The van der Waals surface area contributed by atoms with Crippen LogP contribution >= 0.6 is 0 Å². The van der Waals surface area contributed by atoms with Gasteiger partial charge in [-0.3, -0.25) is 0 Å². The zero-order valence-electron chi connectivity index (χ0n) is 10.5. The highest BCUT2D eigenvalue weighted by molar-refractivity contribution is 5.33. The van der Waals surface area contributed by atoms with E-state index in [2.05, 4.69) is 29.6 Å². The molecule has 1 aromatic carbocycles. The minimum absolute atomic E-state index is 0.569. The average Bonchev–Trinajstić information content (AvgIpc) is 3.09. The summed E-state index contributed by atoms with van der Waals surface area (Å²) in [6, 6.07) is 10.0. The molecular formula is C15H21NO. The van der Waals surface area contributed by atoms with Crippen LogP contribution in [0.4, 0.5) is 0 Å². The number of hydrogen-bond donors (Lipinski definition) is 1. The lowest BCUT2D eigenvalue weighted by Crippen LogP contribution is -2.42. The van der Waals surface area contributed by atoms with Crippen LogP contribution in [0.5, 0.6) is 0 Å². The number of rotatable bonds is 5. The van der Waals surface area contributed by atoms with Gasteiger partial charge >= 0.3 is 0 Å². The normalized spacial score (nSPS) is 21.5. The van der Waals surface area contributed by atoms with Gasteiger partial charge in [0.05, 0.1) is 6.61 Å². The van der Waals surface area contributed by atoms with Crippen molar-refractivity contribution in [2.75, 3.05) is 13.7 Å². The molecule has 92 valence electrons. The van der Waals surface area contributed by atoms with Crippen molar-refractivity contribution in [2.24, 2.45) is 5.92 Å². The number of hydrogen-bond acceptors (Lipinski definition) is 2. The van der Waals surface area contributed by atoms with E-state index in [1.807, 2.05) is 0 Å². The summed E-state index contributed by atoms with van der Waals surface area (Å²) in [6.45, 7) is 0.859. The fourth-order valence-corrected chi connectivity index (χ4v) is 2.98. The van der Waals surface area contributed by atoms with Crippen LogP contribution in [0, 0.1) is 5.92 Å². The first-order valence-corrected chi connectivity index (χ1v) is 6.68. The van der Waals surface area contributed by atoms with Gasteiger partial charge in [-0.1, -0.05) is 24.3 Å². The number of benzene rings is 1. The van der Waals surface area contributed by atoms with Gasteiger partial charge in [0.1, 0.15) is 0 Å². The van der Waals surface area contributed by atoms with Gasteiger partial charge in [0.2, 0.25) is 0 Å². The van der Waals surface area contributed by atoms with Gasteiger partial charge in [0, 0.05) is 19.2 Å². The fraction of sp³-hybridized carbons (Fsp3) is 0.600. The van der Waals surface area contributed by atoms with E-state index in [9.17, 15) is 0 Å². The number of nitrogens with one attached hydrogen (secondary N) is 1. The highest BCUT2D eigenvalue weighted by Crippen LogP contribution is 2.33. The molecule has 2 aliphatic rings. The third-order valence-electron chi connectivity index (χ3n) is 4.04. The summed E-state index contributed by atoms with van der Waals surface area (Å²) >= 11 is 0. The van der Waals surface area contributed by atoms with E-state index >= 15 is 0 Å². The van der Waals surface area contributed by atoms with Gasteiger partial charge in [0.15, 0.2) is 0 Å². The molecule has 0 aromatic heterocycles. The molecule has 2 aliphatic carbocycles. The standard InChI is InChI=1S/C15H21NO/c1-17-10-15(11-6-7-11)16-14-8-12-4-2-3-5-13(12)9-14/h2-5,11,14-16H,6-10H2,1H3. The third-order valence-corrected chi connectivity index (χ3v) is 4.04. The lowest BCUT2D eigenvalue weighted by atomic mass is 10.1. The molecule has 1 N–H and O–H groups in total. The maximum absolute atomic E-state index is 5.33. The first-order valence-electron chi connectivity index (χ1n) is 6.68. The Morgan fingerprint density at radius 1 is 1.24 bits per heavy atom. The van der Waals surface area contributed by atoms with Gasteiger partial charge in [-0.15, -0.1) is 0 Å². The van der Waals surface area contributed by atoms with Gasteiger partial charge in [-0.2, -0.15) is 0 Å². The van der Waals surface area contributed by atoms with Crippen molar-refractivity contribution in [3.63, 3.8) is 0 Å². The van der Waals surface area contributed by atoms with Gasteiger partial charge in [0.25, 0.3) is 0 Å². The Morgan fingerprint density at radius 3 is 2.41 bits per heavy atom. The van der Waals surface area contributed by atoms with Crippen LogP contribution in [0.3, 0.4) is 0 Å². The highest BCUT2D eigenvalue weighted by atomic mass is 16.5. The van der Waals surface area contributed by atoms with Gasteiger partial charge in [-0.05, 0) is 42.7 Å². The molecule has 1 atom stereocenters. The average molecular weight is 231 g/mol. The van der Waals surface area contributed by atoms with E-state index in [1.54, 1.807) is 7.11 Å². The highest BCUT2D eigenvalue weighted by Gasteiger charge is 2.33. The molecule has 1 aromatic rings. The molecule has 0 saturated heterocycles. The SMILES string of the molecule is COCC(NC1Cc2ccccc2C1)C1CC1. The third kappa shape index (κ3) is 2.53. The van der Waals surface area contributed by atoms with Crippen LogP contribution in [-0.2, 0) is 17.6 Å². The van der Waals surface area contributed by atoms with Crippen LogP contribution in [0.2, 0.25) is 0 Å². The summed E-state index contributed by atoms with van der Waals surface area (Å²) < 4.78 is 5.33. The Balaban J connectivity index is 1.60. The molecule has 0 radical (unpaired) electrons. The second-order valence-corrected chi connectivity index (χ2v) is 5.44. The van der Waals surface area contributed by atoms with Crippen LogP contribution < -0.4 is 5.32 Å². The van der Waals surface area contributed by atoms with E-state index in [-0.39, 0.29) is 0 Å². The first-order chi connectivity index (χ1) is 8.36. The molecule has 2 nitrogen and oxygen atoms in total. The molecule has 1 unspecified atom stereocenters. The predicted octanol–water partition coefficient (Wildman–Crippen LogP) is 2.17. The van der Waals surface area contributed by atoms with Crippen molar-refractivity contribution in [1.82, 2.24) is 5.32 Å². The summed E-state index contributed by atoms with van der Waals surface area (Å²) in [5, 5.41) is 3.80. The number of fused-ring (bicyclic) bond motifs is 1. The number of ether oxygens (including phenoxy) is 1. The Labute approximate surface area is 103 Å². The molecule has 0 heterocycles. The van der Waals surface area contributed by atoms with Gasteiger partial charge in [-0.25, -0.2) is 0 Å². The summed E-state index contributed by atoms with van der Waals surface area (Å²) in [7, 11) is 1.81. The zero-order valence-corrected chi connectivity index (χ0v) is 10.5. The maximum atomic E-state index is 5.33. The summed E-state index contributed by atoms with van der Waals surface area (Å²) in [5.74, 6) is 0.860. The Hall–Kier alpha value is -0.860. The lowest BCUT2D eigenvalue weighted by Gasteiger charge is -2.22. The second kappa shape index (κ2) is 4.79. The second-order valence-electron chi connectivity index (χ2n) is 5.44. The maximum Gasteiger partial charge on any atom is 0.0618 e. The fourth-order valence-electron chi connectivity index (χ4n) is 2.98. The summed E-state index contributed by atoms with van der Waals surface area (Å²) in [4.78, 5) is 0. The van der Waals surface area contributed by atoms with Crippen molar-refractivity contribution >= 4 is 0 Å². The molecule has 0 aliphatic heterocycles. The minimum atomic E-state index is 0.569. The number of methoxy groups -OCH3 is 1. The van der Waals surface area contributed by atoms with E-state index in [0.717, 1.165) is 12.5 Å². The van der Waals surface area contributed by atoms with Crippen LogP contribution in [-0.4, -0.2) is 25.8 Å². The largest absolute Gasteiger partial charge is 0.383 e. The Morgan fingerprint density at radius 2 is 1.88 bits per heavy atom. The van der Waals surface area contributed by atoms with Crippen molar-refractivity contribution in [3.05, 3.63) is 35.4 Å². The van der Waals surface area contributed by atoms with Crippen molar-refractivity contribution < 1.29 is 4.74 Å². The van der Waals surface area contributed by atoms with E-state index < -0.39 is 0 Å². The van der Waals surface area contributed by atoms with E-state index in [4.69, 9.17) is 4.74 Å². The molecular weight excluding hydrogens is 210 g/mol. The zero-order chi connectivity index (χ0) is 11.7. The van der Waals surface area contributed by atoms with Gasteiger partial charge < -0.3 is 10.1 Å². The molecule has 0 spiro atoms. The van der Waals surface area contributed by atoms with Crippen LogP contribution in [0.1, 0.15) is 24.0 Å². The van der Waals surface area contributed by atoms with E-state index in [0.29, 0.717) is 12.1 Å². The molecule has 1 fully saturated rings. The predicted molar refractivity (Wildman–Crippen MR) is 69.2 cm³/mol. The smallest absolute Gasteiger partial charge is 0.0618 e. The monoisotopic (exact) mass is 231 g/mol. The quantitative estimate of drug-likeness (QED) is 0.838. The molecule has 0 bridgehead atoms. The molecule has 1 saturated carbocycles. The Kier molecular flexibility index (Phi) is 3.17. The van der Waals surface area contributed by atoms with E-state index in [1.165, 1.54) is 36.8 Å². The summed E-state index contributed by atoms with van der Waals surface area (Å²) in [5.41, 5.74) is 3.05. The lowest BCUT2D eigenvalue weighted by molar-refractivity contribution is 0.151. The molecule has 0 amide bonds.